The zero-order chi connectivity index (χ0) is 12.3. The van der Waals surface area contributed by atoms with E-state index in [1.54, 1.807) is 12.3 Å². The highest BCUT2D eigenvalue weighted by atomic mass is 16.3. The van der Waals surface area contributed by atoms with Crippen LogP contribution in [0.4, 0.5) is 11.5 Å². The number of pyridine rings is 1. The molecule has 0 unspecified atom stereocenters. The van der Waals surface area contributed by atoms with Gasteiger partial charge in [-0.25, -0.2) is 4.98 Å². The Labute approximate surface area is 100 Å². The van der Waals surface area contributed by atoms with Crippen molar-refractivity contribution in [2.24, 2.45) is 5.18 Å². The van der Waals surface area contributed by atoms with E-state index in [1.165, 1.54) is 5.57 Å². The van der Waals surface area contributed by atoms with Gasteiger partial charge in [-0.05, 0) is 49.6 Å². The number of hydrogen-bond donors (Lipinski definition) is 1. The van der Waals surface area contributed by atoms with Crippen LogP contribution in [-0.2, 0) is 0 Å². The van der Waals surface area contributed by atoms with Crippen LogP contribution in [0.2, 0.25) is 0 Å². The van der Waals surface area contributed by atoms with E-state index in [1.807, 2.05) is 6.92 Å². The Morgan fingerprint density at radius 2 is 2.24 bits per heavy atom. The smallest absolute Gasteiger partial charge is 0.159 e. The SMILES string of the molecule is CC1=CCCC(Nc2ncc(C)cc2N=O)=C1. The van der Waals surface area contributed by atoms with Gasteiger partial charge in [-0.2, -0.15) is 0 Å². The van der Waals surface area contributed by atoms with Crippen LogP contribution in [0.3, 0.4) is 0 Å². The molecule has 4 nitrogen and oxygen atoms in total. The summed E-state index contributed by atoms with van der Waals surface area (Å²) in [6, 6.07) is 1.73. The van der Waals surface area contributed by atoms with Gasteiger partial charge >= 0.3 is 0 Å². The highest BCUT2D eigenvalue weighted by Gasteiger charge is 2.08. The van der Waals surface area contributed by atoms with Crippen molar-refractivity contribution in [3.63, 3.8) is 0 Å². The van der Waals surface area contributed by atoms with Crippen LogP contribution < -0.4 is 5.32 Å². The Hall–Kier alpha value is -1.97. The third kappa shape index (κ3) is 2.78. The van der Waals surface area contributed by atoms with Crippen molar-refractivity contribution in [3.05, 3.63) is 46.2 Å². The van der Waals surface area contributed by atoms with Crippen LogP contribution in [0, 0.1) is 11.8 Å². The molecule has 1 aromatic rings. The number of aryl methyl sites for hydroxylation is 1. The van der Waals surface area contributed by atoms with Gasteiger partial charge in [0.1, 0.15) is 0 Å². The molecule has 17 heavy (non-hydrogen) atoms. The van der Waals surface area contributed by atoms with Crippen molar-refractivity contribution in [2.75, 3.05) is 5.32 Å². The third-order valence-electron chi connectivity index (χ3n) is 2.66. The van der Waals surface area contributed by atoms with Crippen molar-refractivity contribution < 1.29 is 0 Å². The van der Waals surface area contributed by atoms with E-state index in [0.717, 1.165) is 24.1 Å². The molecule has 4 heteroatoms. The van der Waals surface area contributed by atoms with Crippen molar-refractivity contribution in [3.8, 4) is 0 Å². The van der Waals surface area contributed by atoms with Crippen molar-refractivity contribution in [1.29, 1.82) is 0 Å². The summed E-state index contributed by atoms with van der Waals surface area (Å²) >= 11 is 0. The summed E-state index contributed by atoms with van der Waals surface area (Å²) in [6.07, 6.45) is 7.93. The van der Waals surface area contributed by atoms with Gasteiger partial charge in [0.25, 0.3) is 0 Å². The maximum Gasteiger partial charge on any atom is 0.159 e. The summed E-state index contributed by atoms with van der Waals surface area (Å²) in [6.45, 7) is 3.94. The Morgan fingerprint density at radius 1 is 1.41 bits per heavy atom. The molecule has 0 bridgehead atoms. The van der Waals surface area contributed by atoms with E-state index < -0.39 is 0 Å². The molecule has 0 fully saturated rings. The van der Waals surface area contributed by atoms with Gasteiger partial charge < -0.3 is 5.32 Å². The molecule has 0 radical (unpaired) electrons. The summed E-state index contributed by atoms with van der Waals surface area (Å²) in [5.41, 5.74) is 3.59. The molecule has 0 amide bonds. The van der Waals surface area contributed by atoms with E-state index in [2.05, 4.69) is 34.6 Å². The maximum atomic E-state index is 10.7. The molecule has 1 heterocycles. The highest BCUT2D eigenvalue weighted by molar-refractivity contribution is 5.63. The van der Waals surface area contributed by atoms with Crippen LogP contribution in [0.15, 0.2) is 40.9 Å². The lowest BCUT2D eigenvalue weighted by Crippen LogP contribution is -2.04. The number of anilines is 1. The lowest BCUT2D eigenvalue weighted by atomic mass is 10.1. The molecule has 1 aliphatic carbocycles. The quantitative estimate of drug-likeness (QED) is 0.801. The zero-order valence-corrected chi connectivity index (χ0v) is 10.0. The number of allylic oxidation sites excluding steroid dienone is 4. The molecular weight excluding hydrogens is 214 g/mol. The van der Waals surface area contributed by atoms with Crippen LogP contribution >= 0.6 is 0 Å². The molecule has 0 saturated heterocycles. The Morgan fingerprint density at radius 3 is 2.94 bits per heavy atom. The minimum Gasteiger partial charge on any atom is -0.342 e. The van der Waals surface area contributed by atoms with Gasteiger partial charge in [-0.3, -0.25) is 0 Å². The Kier molecular flexibility index (Phi) is 3.32. The standard InChI is InChI=1S/C13H15N3O/c1-9-4-3-5-11(6-9)15-13-12(16-17)7-10(2)8-14-13/h4,6-8H,3,5H2,1-2H3,(H,14,15). The summed E-state index contributed by atoms with van der Waals surface area (Å²) in [5.74, 6) is 0.534. The first kappa shape index (κ1) is 11.5. The van der Waals surface area contributed by atoms with Gasteiger partial charge in [0, 0.05) is 11.9 Å². The molecule has 0 spiro atoms. The lowest BCUT2D eigenvalue weighted by Gasteiger charge is -2.14. The number of nitrogens with zero attached hydrogens (tertiary/aromatic N) is 2. The maximum absolute atomic E-state index is 10.7. The molecule has 1 aliphatic rings. The fourth-order valence-electron chi connectivity index (χ4n) is 1.83. The van der Waals surface area contributed by atoms with E-state index in [-0.39, 0.29) is 0 Å². The van der Waals surface area contributed by atoms with Crippen molar-refractivity contribution in [1.82, 2.24) is 4.98 Å². The number of aromatic nitrogens is 1. The average molecular weight is 229 g/mol. The minimum atomic E-state index is 0.359. The van der Waals surface area contributed by atoms with Gasteiger partial charge in [0.15, 0.2) is 11.5 Å². The first-order valence-electron chi connectivity index (χ1n) is 5.63. The fraction of sp³-hybridized carbons (Fsp3) is 0.308. The van der Waals surface area contributed by atoms with Crippen molar-refractivity contribution in [2.45, 2.75) is 26.7 Å². The third-order valence-corrected chi connectivity index (χ3v) is 2.66. The predicted octanol–water partition coefficient (Wildman–Crippen LogP) is 3.82. The van der Waals surface area contributed by atoms with Crippen LogP contribution in [0.5, 0.6) is 0 Å². The summed E-state index contributed by atoms with van der Waals surface area (Å²) in [7, 11) is 0. The van der Waals surface area contributed by atoms with Gasteiger partial charge in [-0.1, -0.05) is 11.6 Å². The second kappa shape index (κ2) is 4.91. The van der Waals surface area contributed by atoms with E-state index in [9.17, 15) is 4.91 Å². The summed E-state index contributed by atoms with van der Waals surface area (Å²) in [4.78, 5) is 14.9. The molecule has 2 rings (SSSR count). The fourth-order valence-corrected chi connectivity index (χ4v) is 1.83. The Balaban J connectivity index is 2.24. The molecule has 0 atom stereocenters. The number of hydrogen-bond acceptors (Lipinski definition) is 4. The second-order valence-corrected chi connectivity index (χ2v) is 4.25. The molecule has 0 saturated carbocycles. The molecule has 1 N–H and O–H groups in total. The normalized spacial score (nSPS) is 14.9. The number of nitrogens with one attached hydrogen (secondary N) is 1. The molecular formula is C13H15N3O. The van der Waals surface area contributed by atoms with Gasteiger partial charge in [0.2, 0.25) is 0 Å². The predicted molar refractivity (Wildman–Crippen MR) is 69.1 cm³/mol. The largest absolute Gasteiger partial charge is 0.342 e. The second-order valence-electron chi connectivity index (χ2n) is 4.25. The van der Waals surface area contributed by atoms with Gasteiger partial charge in [0.05, 0.1) is 0 Å². The van der Waals surface area contributed by atoms with Crippen LogP contribution in [-0.4, -0.2) is 4.98 Å². The van der Waals surface area contributed by atoms with Crippen LogP contribution in [0.25, 0.3) is 0 Å². The number of nitroso groups, excluding NO2 is 1. The first-order chi connectivity index (χ1) is 8.19. The monoisotopic (exact) mass is 229 g/mol. The summed E-state index contributed by atoms with van der Waals surface area (Å²) < 4.78 is 0. The number of rotatable bonds is 3. The topological polar surface area (TPSA) is 54.4 Å². The Bertz CT molecular complexity index is 503. The minimum absolute atomic E-state index is 0.359. The van der Waals surface area contributed by atoms with E-state index >= 15 is 0 Å². The molecule has 88 valence electrons. The molecule has 0 aromatic carbocycles. The first-order valence-corrected chi connectivity index (χ1v) is 5.63. The molecule has 0 aliphatic heterocycles. The average Bonchev–Trinajstić information content (AvgIpc) is 2.31. The van der Waals surface area contributed by atoms with E-state index in [0.29, 0.717) is 11.5 Å². The lowest BCUT2D eigenvalue weighted by molar-refractivity contribution is 0.946. The van der Waals surface area contributed by atoms with Gasteiger partial charge in [-0.15, -0.1) is 4.91 Å². The zero-order valence-electron chi connectivity index (χ0n) is 10.0. The molecule has 1 aromatic heterocycles. The summed E-state index contributed by atoms with van der Waals surface area (Å²) in [5, 5.41) is 6.17. The van der Waals surface area contributed by atoms with Crippen LogP contribution in [0.1, 0.15) is 25.3 Å². The van der Waals surface area contributed by atoms with E-state index in [4.69, 9.17) is 0 Å². The highest BCUT2D eigenvalue weighted by Crippen LogP contribution is 2.26. The van der Waals surface area contributed by atoms with Crippen molar-refractivity contribution >= 4 is 11.5 Å².